The number of rotatable bonds is 3. The fourth-order valence-electron chi connectivity index (χ4n) is 2.87. The van der Waals surface area contributed by atoms with E-state index in [1.807, 2.05) is 0 Å². The van der Waals surface area contributed by atoms with Gasteiger partial charge in [0.1, 0.15) is 6.04 Å². The van der Waals surface area contributed by atoms with E-state index in [4.69, 9.17) is 5.73 Å². The van der Waals surface area contributed by atoms with Crippen LogP contribution in [0.3, 0.4) is 0 Å². The first kappa shape index (κ1) is 14.3. The lowest BCUT2D eigenvalue weighted by Crippen LogP contribution is -2.53. The van der Waals surface area contributed by atoms with Gasteiger partial charge in [0, 0.05) is 19.6 Å². The van der Waals surface area contributed by atoms with Gasteiger partial charge in [-0.1, -0.05) is 0 Å². The molecule has 0 saturated carbocycles. The predicted molar refractivity (Wildman–Crippen MR) is 72.5 cm³/mol. The SMILES string of the molecule is NC(=O)C1CCCCN1C(=O)CN1CCCNCC1. The van der Waals surface area contributed by atoms with Crippen molar-refractivity contribution in [3.05, 3.63) is 0 Å². The first-order valence-electron chi connectivity index (χ1n) is 7.20. The largest absolute Gasteiger partial charge is 0.368 e. The molecule has 0 bridgehead atoms. The smallest absolute Gasteiger partial charge is 0.240 e. The number of hydrogen-bond acceptors (Lipinski definition) is 4. The molecule has 0 aromatic carbocycles. The summed E-state index contributed by atoms with van der Waals surface area (Å²) in [6, 6.07) is -0.397. The summed E-state index contributed by atoms with van der Waals surface area (Å²) < 4.78 is 0. The lowest BCUT2D eigenvalue weighted by atomic mass is 10.0. The third-order valence-corrected chi connectivity index (χ3v) is 3.94. The molecule has 2 aliphatic rings. The van der Waals surface area contributed by atoms with Crippen LogP contribution in [0, 0.1) is 0 Å². The fraction of sp³-hybridized carbons (Fsp3) is 0.846. The maximum absolute atomic E-state index is 12.3. The number of carbonyl (C=O) groups excluding carboxylic acids is 2. The van der Waals surface area contributed by atoms with Crippen molar-refractivity contribution in [2.45, 2.75) is 31.7 Å². The highest BCUT2D eigenvalue weighted by Gasteiger charge is 2.31. The zero-order valence-electron chi connectivity index (χ0n) is 11.4. The highest BCUT2D eigenvalue weighted by atomic mass is 16.2. The molecular formula is C13H24N4O2. The standard InChI is InChI=1S/C13H24N4O2/c14-13(19)11-4-1-2-8-17(11)12(18)10-16-7-3-5-15-6-9-16/h11,15H,1-10H2,(H2,14,19). The van der Waals surface area contributed by atoms with E-state index in [9.17, 15) is 9.59 Å². The topological polar surface area (TPSA) is 78.7 Å². The van der Waals surface area contributed by atoms with Gasteiger partial charge in [-0.2, -0.15) is 0 Å². The lowest BCUT2D eigenvalue weighted by Gasteiger charge is -2.35. The van der Waals surface area contributed by atoms with Gasteiger partial charge in [-0.3, -0.25) is 14.5 Å². The zero-order chi connectivity index (χ0) is 13.7. The molecule has 0 aromatic heterocycles. The number of nitrogens with zero attached hydrogens (tertiary/aromatic N) is 2. The summed E-state index contributed by atoms with van der Waals surface area (Å²) in [5.41, 5.74) is 5.40. The maximum atomic E-state index is 12.3. The zero-order valence-corrected chi connectivity index (χ0v) is 11.4. The molecule has 0 aromatic rings. The molecule has 1 atom stereocenters. The summed E-state index contributed by atoms with van der Waals surface area (Å²) in [5.74, 6) is -0.323. The van der Waals surface area contributed by atoms with Gasteiger partial charge in [-0.25, -0.2) is 0 Å². The number of hydrogen-bond donors (Lipinski definition) is 2. The minimum Gasteiger partial charge on any atom is -0.368 e. The molecule has 3 N–H and O–H groups in total. The third-order valence-electron chi connectivity index (χ3n) is 3.94. The van der Waals surface area contributed by atoms with Crippen molar-refractivity contribution >= 4 is 11.8 Å². The van der Waals surface area contributed by atoms with Crippen molar-refractivity contribution in [1.29, 1.82) is 0 Å². The molecule has 2 fully saturated rings. The number of piperidine rings is 1. The number of primary amides is 1. The predicted octanol–water partition coefficient (Wildman–Crippen LogP) is -0.852. The fourth-order valence-corrected chi connectivity index (χ4v) is 2.87. The van der Waals surface area contributed by atoms with Gasteiger partial charge >= 0.3 is 0 Å². The van der Waals surface area contributed by atoms with Crippen LogP contribution in [0.4, 0.5) is 0 Å². The van der Waals surface area contributed by atoms with E-state index in [0.717, 1.165) is 45.4 Å². The summed E-state index contributed by atoms with van der Waals surface area (Å²) in [5, 5.41) is 3.32. The Labute approximate surface area is 114 Å². The van der Waals surface area contributed by atoms with Gasteiger partial charge in [0.2, 0.25) is 11.8 Å². The van der Waals surface area contributed by atoms with Crippen molar-refractivity contribution in [2.75, 3.05) is 39.3 Å². The van der Waals surface area contributed by atoms with Crippen molar-refractivity contribution < 1.29 is 9.59 Å². The molecule has 2 amide bonds. The number of nitrogens with one attached hydrogen (secondary N) is 1. The Morgan fingerprint density at radius 3 is 2.74 bits per heavy atom. The molecule has 108 valence electrons. The van der Waals surface area contributed by atoms with Gasteiger partial charge in [-0.05, 0) is 38.8 Å². The summed E-state index contributed by atoms with van der Waals surface area (Å²) in [6.45, 7) is 4.84. The molecule has 6 nitrogen and oxygen atoms in total. The summed E-state index contributed by atoms with van der Waals surface area (Å²) >= 11 is 0. The van der Waals surface area contributed by atoms with Crippen LogP contribution in [0.25, 0.3) is 0 Å². The minimum absolute atomic E-state index is 0.0467. The molecule has 0 spiro atoms. The van der Waals surface area contributed by atoms with Crippen LogP contribution in [0.2, 0.25) is 0 Å². The van der Waals surface area contributed by atoms with E-state index in [1.54, 1.807) is 4.90 Å². The van der Waals surface area contributed by atoms with Crippen molar-refractivity contribution in [2.24, 2.45) is 5.73 Å². The first-order valence-corrected chi connectivity index (χ1v) is 7.20. The third kappa shape index (κ3) is 3.91. The minimum atomic E-state index is -0.397. The van der Waals surface area contributed by atoms with Gasteiger partial charge in [-0.15, -0.1) is 0 Å². The Bertz CT molecular complexity index is 327. The quantitative estimate of drug-likeness (QED) is 0.699. The molecule has 2 heterocycles. The number of nitrogens with two attached hydrogens (primary N) is 1. The van der Waals surface area contributed by atoms with Gasteiger partial charge in [0.05, 0.1) is 6.54 Å². The highest BCUT2D eigenvalue weighted by Crippen LogP contribution is 2.17. The van der Waals surface area contributed by atoms with Crippen LogP contribution in [-0.2, 0) is 9.59 Å². The molecule has 6 heteroatoms. The highest BCUT2D eigenvalue weighted by molar-refractivity contribution is 5.87. The van der Waals surface area contributed by atoms with E-state index in [0.29, 0.717) is 19.5 Å². The van der Waals surface area contributed by atoms with Gasteiger partial charge < -0.3 is 16.0 Å². The Balaban J connectivity index is 1.91. The average Bonchev–Trinajstić information content (AvgIpc) is 2.67. The molecule has 0 radical (unpaired) electrons. The Morgan fingerprint density at radius 2 is 1.95 bits per heavy atom. The monoisotopic (exact) mass is 268 g/mol. The lowest BCUT2D eigenvalue weighted by molar-refractivity contribution is -0.141. The second kappa shape index (κ2) is 6.86. The van der Waals surface area contributed by atoms with Crippen LogP contribution < -0.4 is 11.1 Å². The summed E-state index contributed by atoms with van der Waals surface area (Å²) in [4.78, 5) is 27.6. The first-order chi connectivity index (χ1) is 9.18. The van der Waals surface area contributed by atoms with E-state index in [-0.39, 0.29) is 11.8 Å². The van der Waals surface area contributed by atoms with Crippen molar-refractivity contribution in [3.63, 3.8) is 0 Å². The molecule has 2 saturated heterocycles. The molecule has 0 aliphatic carbocycles. The van der Waals surface area contributed by atoms with Crippen molar-refractivity contribution in [1.82, 2.24) is 15.1 Å². The molecule has 2 rings (SSSR count). The number of amides is 2. The number of likely N-dealkylation sites (tertiary alicyclic amines) is 1. The molecule has 19 heavy (non-hydrogen) atoms. The molecule has 1 unspecified atom stereocenters. The average molecular weight is 268 g/mol. The van der Waals surface area contributed by atoms with E-state index >= 15 is 0 Å². The summed E-state index contributed by atoms with van der Waals surface area (Å²) in [7, 11) is 0. The van der Waals surface area contributed by atoms with E-state index in [1.165, 1.54) is 0 Å². The van der Waals surface area contributed by atoms with Gasteiger partial charge in [0.25, 0.3) is 0 Å². The van der Waals surface area contributed by atoms with E-state index < -0.39 is 6.04 Å². The second-order valence-electron chi connectivity index (χ2n) is 5.38. The molecule has 2 aliphatic heterocycles. The summed E-state index contributed by atoms with van der Waals surface area (Å²) in [6.07, 6.45) is 3.72. The number of carbonyl (C=O) groups is 2. The van der Waals surface area contributed by atoms with Crippen LogP contribution in [0.1, 0.15) is 25.7 Å². The van der Waals surface area contributed by atoms with Crippen LogP contribution in [-0.4, -0.2) is 66.9 Å². The Kier molecular flexibility index (Phi) is 5.15. The van der Waals surface area contributed by atoms with Crippen LogP contribution in [0.15, 0.2) is 0 Å². The van der Waals surface area contributed by atoms with Crippen LogP contribution in [0.5, 0.6) is 0 Å². The molecular weight excluding hydrogens is 244 g/mol. The van der Waals surface area contributed by atoms with E-state index in [2.05, 4.69) is 10.2 Å². The van der Waals surface area contributed by atoms with Gasteiger partial charge in [0.15, 0.2) is 0 Å². The van der Waals surface area contributed by atoms with Crippen LogP contribution >= 0.6 is 0 Å². The Hall–Kier alpha value is -1.14. The maximum Gasteiger partial charge on any atom is 0.240 e. The normalized spacial score (nSPS) is 25.9. The second-order valence-corrected chi connectivity index (χ2v) is 5.38. The Morgan fingerprint density at radius 1 is 1.11 bits per heavy atom. The van der Waals surface area contributed by atoms with Crippen molar-refractivity contribution in [3.8, 4) is 0 Å².